The standard InChI is InChI=1S/C11H16N4O/c1-2-9-3-4-10(16-9)7-12-6-5-11-13-8-14-15-11/h3-4,8,12H,2,5-7H2,1H3,(H,13,14,15). The summed E-state index contributed by atoms with van der Waals surface area (Å²) in [7, 11) is 0. The molecule has 0 saturated carbocycles. The molecule has 0 spiro atoms. The normalized spacial score (nSPS) is 10.8. The van der Waals surface area contributed by atoms with Gasteiger partial charge in [-0.2, -0.15) is 5.10 Å². The Morgan fingerprint density at radius 1 is 1.38 bits per heavy atom. The van der Waals surface area contributed by atoms with Crippen LogP contribution >= 0.6 is 0 Å². The molecule has 0 saturated heterocycles. The van der Waals surface area contributed by atoms with Gasteiger partial charge in [0.05, 0.1) is 6.54 Å². The molecule has 86 valence electrons. The lowest BCUT2D eigenvalue weighted by molar-refractivity contribution is 0.451. The van der Waals surface area contributed by atoms with Crippen molar-refractivity contribution in [3.63, 3.8) is 0 Å². The van der Waals surface area contributed by atoms with Crippen LogP contribution in [-0.2, 0) is 19.4 Å². The number of rotatable bonds is 6. The van der Waals surface area contributed by atoms with Crippen molar-refractivity contribution in [3.8, 4) is 0 Å². The van der Waals surface area contributed by atoms with Crippen LogP contribution in [0.25, 0.3) is 0 Å². The van der Waals surface area contributed by atoms with Crippen molar-refractivity contribution in [1.29, 1.82) is 0 Å². The number of aryl methyl sites for hydroxylation is 1. The number of H-pyrrole nitrogens is 1. The minimum Gasteiger partial charge on any atom is -0.465 e. The molecular formula is C11H16N4O. The van der Waals surface area contributed by atoms with Crippen molar-refractivity contribution in [2.45, 2.75) is 26.3 Å². The van der Waals surface area contributed by atoms with Gasteiger partial charge in [-0.1, -0.05) is 6.92 Å². The topological polar surface area (TPSA) is 66.7 Å². The Balaban J connectivity index is 1.68. The van der Waals surface area contributed by atoms with Crippen LogP contribution in [0.4, 0.5) is 0 Å². The van der Waals surface area contributed by atoms with E-state index in [1.807, 2.05) is 12.1 Å². The minimum absolute atomic E-state index is 0.758. The fourth-order valence-electron chi connectivity index (χ4n) is 1.48. The highest BCUT2D eigenvalue weighted by Crippen LogP contribution is 2.07. The first-order valence-corrected chi connectivity index (χ1v) is 5.51. The maximum Gasteiger partial charge on any atom is 0.137 e. The molecule has 16 heavy (non-hydrogen) atoms. The van der Waals surface area contributed by atoms with Crippen molar-refractivity contribution in [1.82, 2.24) is 20.5 Å². The van der Waals surface area contributed by atoms with Crippen LogP contribution in [-0.4, -0.2) is 21.7 Å². The molecule has 0 amide bonds. The van der Waals surface area contributed by atoms with E-state index in [4.69, 9.17) is 4.42 Å². The van der Waals surface area contributed by atoms with Gasteiger partial charge in [0.25, 0.3) is 0 Å². The molecule has 0 fully saturated rings. The zero-order valence-corrected chi connectivity index (χ0v) is 9.36. The summed E-state index contributed by atoms with van der Waals surface area (Å²) in [6.07, 6.45) is 3.31. The molecule has 2 N–H and O–H groups in total. The number of hydrogen-bond donors (Lipinski definition) is 2. The first kappa shape index (κ1) is 10.9. The first-order valence-electron chi connectivity index (χ1n) is 5.51. The highest BCUT2D eigenvalue weighted by atomic mass is 16.3. The number of nitrogens with zero attached hydrogens (tertiary/aromatic N) is 2. The smallest absolute Gasteiger partial charge is 0.137 e. The number of nitrogens with one attached hydrogen (secondary N) is 2. The summed E-state index contributed by atoms with van der Waals surface area (Å²) < 4.78 is 5.57. The number of hydrogen-bond acceptors (Lipinski definition) is 4. The van der Waals surface area contributed by atoms with Gasteiger partial charge in [0.1, 0.15) is 23.7 Å². The Morgan fingerprint density at radius 2 is 2.25 bits per heavy atom. The minimum atomic E-state index is 0.758. The Labute approximate surface area is 94.3 Å². The third-order valence-corrected chi connectivity index (χ3v) is 2.37. The van der Waals surface area contributed by atoms with Crippen LogP contribution in [0.3, 0.4) is 0 Å². The van der Waals surface area contributed by atoms with Crippen molar-refractivity contribution in [2.75, 3.05) is 6.54 Å². The van der Waals surface area contributed by atoms with E-state index in [1.165, 1.54) is 6.33 Å². The summed E-state index contributed by atoms with van der Waals surface area (Å²) in [6.45, 7) is 3.70. The van der Waals surface area contributed by atoms with Gasteiger partial charge in [0, 0.05) is 19.4 Å². The van der Waals surface area contributed by atoms with Gasteiger partial charge in [-0.05, 0) is 12.1 Å². The zero-order valence-electron chi connectivity index (χ0n) is 9.36. The molecule has 0 radical (unpaired) electrons. The van der Waals surface area contributed by atoms with Crippen molar-refractivity contribution < 1.29 is 4.42 Å². The quantitative estimate of drug-likeness (QED) is 0.720. The Morgan fingerprint density at radius 3 is 2.94 bits per heavy atom. The van der Waals surface area contributed by atoms with E-state index < -0.39 is 0 Å². The molecule has 0 aliphatic rings. The predicted molar refractivity (Wildman–Crippen MR) is 59.9 cm³/mol. The summed E-state index contributed by atoms with van der Waals surface area (Å²) >= 11 is 0. The molecule has 0 aliphatic heterocycles. The maximum atomic E-state index is 5.57. The Kier molecular flexibility index (Phi) is 3.71. The van der Waals surface area contributed by atoms with Crippen LogP contribution in [0, 0.1) is 0 Å². The fourth-order valence-corrected chi connectivity index (χ4v) is 1.48. The third-order valence-electron chi connectivity index (χ3n) is 2.37. The van der Waals surface area contributed by atoms with Gasteiger partial charge in [-0.25, -0.2) is 4.98 Å². The van der Waals surface area contributed by atoms with Gasteiger partial charge in [0.15, 0.2) is 0 Å². The summed E-state index contributed by atoms with van der Waals surface area (Å²) in [6, 6.07) is 4.04. The van der Waals surface area contributed by atoms with Gasteiger partial charge in [0.2, 0.25) is 0 Å². The molecule has 2 heterocycles. The van der Waals surface area contributed by atoms with Crippen LogP contribution in [0.5, 0.6) is 0 Å². The van der Waals surface area contributed by atoms with E-state index in [-0.39, 0.29) is 0 Å². The lowest BCUT2D eigenvalue weighted by atomic mass is 10.3. The number of aromatic nitrogens is 3. The highest BCUT2D eigenvalue weighted by Gasteiger charge is 2.00. The zero-order chi connectivity index (χ0) is 11.2. The van der Waals surface area contributed by atoms with Gasteiger partial charge < -0.3 is 9.73 Å². The van der Waals surface area contributed by atoms with Crippen molar-refractivity contribution >= 4 is 0 Å². The predicted octanol–water partition coefficient (Wildman–Crippen LogP) is 1.29. The second-order valence-corrected chi connectivity index (χ2v) is 3.58. The maximum absolute atomic E-state index is 5.57. The van der Waals surface area contributed by atoms with Crippen LogP contribution in [0.15, 0.2) is 22.9 Å². The van der Waals surface area contributed by atoms with E-state index in [9.17, 15) is 0 Å². The molecule has 5 heteroatoms. The van der Waals surface area contributed by atoms with Crippen molar-refractivity contribution in [3.05, 3.63) is 35.8 Å². The van der Waals surface area contributed by atoms with Crippen LogP contribution < -0.4 is 5.32 Å². The lowest BCUT2D eigenvalue weighted by Crippen LogP contribution is -2.16. The van der Waals surface area contributed by atoms with Gasteiger partial charge in [-0.3, -0.25) is 5.10 Å². The molecule has 0 unspecified atom stereocenters. The molecular weight excluding hydrogens is 204 g/mol. The lowest BCUT2D eigenvalue weighted by Gasteiger charge is -2.00. The Hall–Kier alpha value is -1.62. The Bertz CT molecular complexity index is 407. The molecule has 5 nitrogen and oxygen atoms in total. The third kappa shape index (κ3) is 2.93. The molecule has 0 atom stereocenters. The van der Waals surface area contributed by atoms with E-state index in [2.05, 4.69) is 27.4 Å². The molecule has 2 rings (SSSR count). The van der Waals surface area contributed by atoms with Gasteiger partial charge >= 0.3 is 0 Å². The fraction of sp³-hybridized carbons (Fsp3) is 0.455. The average molecular weight is 220 g/mol. The highest BCUT2D eigenvalue weighted by molar-refractivity contribution is 5.06. The average Bonchev–Trinajstić information content (AvgIpc) is 2.95. The summed E-state index contributed by atoms with van der Waals surface area (Å²) in [4.78, 5) is 4.05. The number of furan rings is 1. The number of aromatic amines is 1. The van der Waals surface area contributed by atoms with E-state index >= 15 is 0 Å². The van der Waals surface area contributed by atoms with Crippen LogP contribution in [0.2, 0.25) is 0 Å². The monoisotopic (exact) mass is 220 g/mol. The largest absolute Gasteiger partial charge is 0.465 e. The summed E-state index contributed by atoms with van der Waals surface area (Å²) in [5.74, 6) is 2.92. The van der Waals surface area contributed by atoms with Crippen LogP contribution in [0.1, 0.15) is 24.3 Å². The van der Waals surface area contributed by atoms with Crippen molar-refractivity contribution in [2.24, 2.45) is 0 Å². The van der Waals surface area contributed by atoms with E-state index in [1.54, 1.807) is 0 Å². The SMILES string of the molecule is CCc1ccc(CNCCc2ncn[nH]2)o1. The molecule has 0 bridgehead atoms. The second kappa shape index (κ2) is 5.46. The van der Waals surface area contributed by atoms with Gasteiger partial charge in [-0.15, -0.1) is 0 Å². The summed E-state index contributed by atoms with van der Waals surface area (Å²) in [5, 5.41) is 9.91. The van der Waals surface area contributed by atoms with E-state index in [0.717, 1.165) is 43.3 Å². The molecule has 0 aliphatic carbocycles. The second-order valence-electron chi connectivity index (χ2n) is 3.58. The molecule has 2 aromatic rings. The first-order chi connectivity index (χ1) is 7.88. The molecule has 0 aromatic carbocycles. The molecule has 2 aromatic heterocycles. The van der Waals surface area contributed by atoms with E-state index in [0.29, 0.717) is 0 Å². The summed E-state index contributed by atoms with van der Waals surface area (Å²) in [5.41, 5.74) is 0.